The van der Waals surface area contributed by atoms with Crippen LogP contribution in [0.2, 0.25) is 0 Å². The van der Waals surface area contributed by atoms with Gasteiger partial charge in [-0.2, -0.15) is 0 Å². The van der Waals surface area contributed by atoms with Crippen LogP contribution >= 0.6 is 0 Å². The van der Waals surface area contributed by atoms with Gasteiger partial charge in [-0.3, -0.25) is 9.59 Å². The maximum absolute atomic E-state index is 12.9. The lowest BCUT2D eigenvalue weighted by molar-refractivity contribution is -0.143. The molecule has 0 fully saturated rings. The van der Waals surface area contributed by atoms with Gasteiger partial charge in [0.1, 0.15) is 11.8 Å². The fraction of sp³-hybridized carbons (Fsp3) is 0.475. The van der Waals surface area contributed by atoms with Crippen LogP contribution in [0.4, 0.5) is 0 Å². The molecule has 3 N–H and O–H groups in total. The summed E-state index contributed by atoms with van der Waals surface area (Å²) in [7, 11) is 0. The molecule has 1 atom stereocenters. The molecule has 47 heavy (non-hydrogen) atoms. The summed E-state index contributed by atoms with van der Waals surface area (Å²) in [5.74, 6) is -0.990. The lowest BCUT2D eigenvalue weighted by Crippen LogP contribution is -2.51. The number of ether oxygens (including phenoxy) is 1. The van der Waals surface area contributed by atoms with Crippen molar-refractivity contribution in [1.82, 2.24) is 10.6 Å². The van der Waals surface area contributed by atoms with Gasteiger partial charge in [0.2, 0.25) is 11.8 Å². The summed E-state index contributed by atoms with van der Waals surface area (Å²) in [6.07, 6.45) is 33.2. The number of aryl methyl sites for hydroxylation is 2. The molecule has 0 aliphatic heterocycles. The van der Waals surface area contributed by atoms with Crippen LogP contribution in [-0.4, -0.2) is 42.1 Å². The number of nitrogens with one attached hydrogen (secondary N) is 2. The number of hydrogen-bond acceptors (Lipinski definition) is 4. The zero-order valence-electron chi connectivity index (χ0n) is 29.3. The highest BCUT2D eigenvalue weighted by molar-refractivity contribution is 5.87. The van der Waals surface area contributed by atoms with Crippen molar-refractivity contribution in [2.75, 3.05) is 13.2 Å². The van der Waals surface area contributed by atoms with E-state index in [-0.39, 0.29) is 24.8 Å². The van der Waals surface area contributed by atoms with Crippen LogP contribution in [0, 0.1) is 19.3 Å². The Morgan fingerprint density at radius 1 is 0.830 bits per heavy atom. The van der Waals surface area contributed by atoms with Gasteiger partial charge in [-0.25, -0.2) is 4.79 Å². The van der Waals surface area contributed by atoms with Gasteiger partial charge in [0.25, 0.3) is 0 Å². The lowest BCUT2D eigenvalue weighted by atomic mass is 9.86. The second kappa shape index (κ2) is 25.0. The van der Waals surface area contributed by atoms with Crippen molar-refractivity contribution in [2.45, 2.75) is 105 Å². The molecule has 1 unspecified atom stereocenters. The molecule has 7 heteroatoms. The molecule has 0 heterocycles. The van der Waals surface area contributed by atoms with Crippen LogP contribution in [0.25, 0.3) is 0 Å². The SMILES string of the molecule is CCC=CCC=CCC=CCC=CCC=CCC=CCCC(=O)NCC(NC(=O)C(C)(C)CCCOc1cc(C)ccc1C)C(=O)O. The van der Waals surface area contributed by atoms with Gasteiger partial charge < -0.3 is 20.5 Å². The van der Waals surface area contributed by atoms with Gasteiger partial charge in [-0.15, -0.1) is 0 Å². The van der Waals surface area contributed by atoms with E-state index in [4.69, 9.17) is 4.74 Å². The quantitative estimate of drug-likeness (QED) is 0.0770. The first-order chi connectivity index (χ1) is 22.6. The molecule has 7 nitrogen and oxygen atoms in total. The molecule has 2 amide bonds. The molecule has 1 rings (SSSR count). The Labute approximate surface area is 283 Å². The number of amides is 2. The average Bonchev–Trinajstić information content (AvgIpc) is 3.03. The maximum atomic E-state index is 12.9. The number of rotatable bonds is 24. The van der Waals surface area contributed by atoms with Crippen LogP contribution in [0.3, 0.4) is 0 Å². The van der Waals surface area contributed by atoms with E-state index in [1.54, 1.807) is 13.8 Å². The summed E-state index contributed by atoms with van der Waals surface area (Å²) >= 11 is 0. The summed E-state index contributed by atoms with van der Waals surface area (Å²) < 4.78 is 5.89. The van der Waals surface area contributed by atoms with Crippen LogP contribution in [0.15, 0.2) is 91.1 Å². The lowest BCUT2D eigenvalue weighted by Gasteiger charge is -2.26. The Hall–Kier alpha value is -4.13. The summed E-state index contributed by atoms with van der Waals surface area (Å²) in [6, 6.07) is 4.83. The molecule has 258 valence electrons. The minimum atomic E-state index is -1.21. The van der Waals surface area contributed by atoms with Gasteiger partial charge in [-0.1, -0.05) is 106 Å². The molecule has 0 radical (unpaired) electrons. The maximum Gasteiger partial charge on any atom is 0.328 e. The Kier molecular flexibility index (Phi) is 21.8. The van der Waals surface area contributed by atoms with Crippen molar-refractivity contribution in [3.63, 3.8) is 0 Å². The zero-order valence-corrected chi connectivity index (χ0v) is 29.3. The predicted octanol–water partition coefficient (Wildman–Crippen LogP) is 8.65. The second-order valence-electron chi connectivity index (χ2n) is 12.2. The Balaban J connectivity index is 2.24. The van der Waals surface area contributed by atoms with E-state index < -0.39 is 17.4 Å². The molecule has 0 aliphatic carbocycles. The molecule has 0 spiro atoms. The molecule has 0 bridgehead atoms. The van der Waals surface area contributed by atoms with Crippen molar-refractivity contribution in [3.05, 3.63) is 102 Å². The van der Waals surface area contributed by atoms with E-state index in [1.807, 2.05) is 44.2 Å². The van der Waals surface area contributed by atoms with E-state index in [9.17, 15) is 19.5 Å². The molecule has 1 aromatic rings. The third-order valence-electron chi connectivity index (χ3n) is 7.40. The molecule has 0 saturated heterocycles. The molecule has 0 saturated carbocycles. The predicted molar refractivity (Wildman–Crippen MR) is 194 cm³/mol. The summed E-state index contributed by atoms with van der Waals surface area (Å²) in [5.41, 5.74) is 1.38. The first kappa shape index (κ1) is 40.9. The van der Waals surface area contributed by atoms with Gasteiger partial charge in [0.15, 0.2) is 0 Å². The summed E-state index contributed by atoms with van der Waals surface area (Å²) in [6.45, 7) is 9.98. The first-order valence-electron chi connectivity index (χ1n) is 17.0. The van der Waals surface area contributed by atoms with Crippen LogP contribution < -0.4 is 15.4 Å². The Bertz CT molecular complexity index is 1250. The standard InChI is InChI=1S/C40H58N2O5/c1-6-7-8-9-10-11-12-13-14-15-16-17-18-19-20-21-22-23-24-26-37(43)41-32-35(38(44)45)42-39(46)40(4,5)29-25-30-47-36-31-33(2)27-28-34(36)3/h7-8,10-11,13-14,16-17,19-20,22-23,27-28,31,35H,6,9,12,15,18,21,24-26,29-30,32H2,1-5H3,(H,41,43)(H,42,46)(H,44,45). The molecule has 0 aliphatic rings. The topological polar surface area (TPSA) is 105 Å². The molecular weight excluding hydrogens is 588 g/mol. The monoisotopic (exact) mass is 646 g/mol. The average molecular weight is 647 g/mol. The fourth-order valence-electron chi connectivity index (χ4n) is 4.38. The van der Waals surface area contributed by atoms with E-state index >= 15 is 0 Å². The van der Waals surface area contributed by atoms with Crippen LogP contribution in [0.5, 0.6) is 5.75 Å². The number of carbonyl (C=O) groups excluding carboxylic acids is 2. The van der Waals surface area contributed by atoms with Crippen molar-refractivity contribution in [2.24, 2.45) is 5.41 Å². The highest BCUT2D eigenvalue weighted by atomic mass is 16.5. The van der Waals surface area contributed by atoms with Gasteiger partial charge in [-0.05, 0) is 88.8 Å². The number of carboxylic acid groups (broad SMARTS) is 1. The third kappa shape index (κ3) is 20.6. The summed E-state index contributed by atoms with van der Waals surface area (Å²) in [5, 5.41) is 14.8. The van der Waals surface area contributed by atoms with Crippen molar-refractivity contribution in [1.29, 1.82) is 0 Å². The molecule has 1 aromatic carbocycles. The molecule has 0 aromatic heterocycles. The Morgan fingerprint density at radius 2 is 1.36 bits per heavy atom. The van der Waals surface area contributed by atoms with Crippen molar-refractivity contribution < 1.29 is 24.2 Å². The van der Waals surface area contributed by atoms with E-state index in [0.29, 0.717) is 25.9 Å². The highest BCUT2D eigenvalue weighted by Gasteiger charge is 2.31. The third-order valence-corrected chi connectivity index (χ3v) is 7.40. The van der Waals surface area contributed by atoms with Crippen LogP contribution in [-0.2, 0) is 14.4 Å². The Morgan fingerprint density at radius 3 is 1.89 bits per heavy atom. The number of carbonyl (C=O) groups is 3. The number of carboxylic acids is 1. The zero-order chi connectivity index (χ0) is 34.8. The smallest absolute Gasteiger partial charge is 0.328 e. The minimum Gasteiger partial charge on any atom is -0.493 e. The van der Waals surface area contributed by atoms with E-state index in [0.717, 1.165) is 55.4 Å². The van der Waals surface area contributed by atoms with Gasteiger partial charge >= 0.3 is 5.97 Å². The number of hydrogen-bond donors (Lipinski definition) is 3. The van der Waals surface area contributed by atoms with E-state index in [2.05, 4.69) is 78.3 Å². The summed E-state index contributed by atoms with van der Waals surface area (Å²) in [4.78, 5) is 36.9. The number of benzene rings is 1. The second-order valence-corrected chi connectivity index (χ2v) is 12.2. The minimum absolute atomic E-state index is 0.171. The number of aliphatic carboxylic acids is 1. The van der Waals surface area contributed by atoms with E-state index in [1.165, 1.54) is 0 Å². The fourth-order valence-corrected chi connectivity index (χ4v) is 4.38. The number of allylic oxidation sites excluding steroid dienone is 12. The first-order valence-corrected chi connectivity index (χ1v) is 17.0. The van der Waals surface area contributed by atoms with Crippen molar-refractivity contribution >= 4 is 17.8 Å². The highest BCUT2D eigenvalue weighted by Crippen LogP contribution is 2.24. The normalized spacial score (nSPS) is 13.1. The van der Waals surface area contributed by atoms with Crippen LogP contribution in [0.1, 0.15) is 96.1 Å². The van der Waals surface area contributed by atoms with Gasteiger partial charge in [0.05, 0.1) is 6.61 Å². The van der Waals surface area contributed by atoms with Crippen molar-refractivity contribution in [3.8, 4) is 5.75 Å². The van der Waals surface area contributed by atoms with Gasteiger partial charge in [0, 0.05) is 18.4 Å². The molecular formula is C40H58N2O5. The largest absolute Gasteiger partial charge is 0.493 e.